The highest BCUT2D eigenvalue weighted by atomic mass is 32.1. The molecule has 0 spiro atoms. The molecule has 4 aromatic rings. The van der Waals surface area contributed by atoms with Crippen molar-refractivity contribution < 1.29 is 23.1 Å². The smallest absolute Gasteiger partial charge is 0.274 e. The van der Waals surface area contributed by atoms with Gasteiger partial charge in [0.1, 0.15) is 34.7 Å². The number of carbonyl (C=O) groups is 2. The summed E-state index contributed by atoms with van der Waals surface area (Å²) in [7, 11) is 3.28. The third-order valence-electron chi connectivity index (χ3n) is 6.09. The van der Waals surface area contributed by atoms with Gasteiger partial charge in [0, 0.05) is 31.9 Å². The average Bonchev–Trinajstić information content (AvgIpc) is 3.35. The first kappa shape index (κ1) is 29.6. The SMILES string of the molecule is CN(C)C(=O)/C=C/CC[C@H](N)C(=O)Nc1cccn(Cc2nc3cccc(OCc4ccc(F)cc4F)c3s2)c1=O. The Morgan fingerprint density at radius 2 is 2.00 bits per heavy atom. The molecule has 0 aliphatic carbocycles. The van der Waals surface area contributed by atoms with Gasteiger partial charge in [0.2, 0.25) is 11.8 Å². The number of nitrogens with two attached hydrogens (primary N) is 1. The fourth-order valence-electron chi connectivity index (χ4n) is 3.81. The molecule has 0 aliphatic rings. The van der Waals surface area contributed by atoms with Crippen LogP contribution in [0.3, 0.4) is 0 Å². The quantitative estimate of drug-likeness (QED) is 0.258. The van der Waals surface area contributed by atoms with Crippen LogP contribution in [-0.4, -0.2) is 46.4 Å². The maximum Gasteiger partial charge on any atom is 0.274 e. The molecular formula is C29H29F2N5O4S. The summed E-state index contributed by atoms with van der Waals surface area (Å²) in [6, 6.07) is 10.9. The van der Waals surface area contributed by atoms with E-state index in [4.69, 9.17) is 10.5 Å². The van der Waals surface area contributed by atoms with Crippen LogP contribution in [0.5, 0.6) is 5.75 Å². The monoisotopic (exact) mass is 581 g/mol. The number of halogens is 2. The Labute approximate surface area is 238 Å². The van der Waals surface area contributed by atoms with Crippen LogP contribution < -0.4 is 21.3 Å². The van der Waals surface area contributed by atoms with Crippen LogP contribution in [0, 0.1) is 11.6 Å². The normalized spacial score (nSPS) is 12.0. The van der Waals surface area contributed by atoms with Gasteiger partial charge in [-0.2, -0.15) is 0 Å². The van der Waals surface area contributed by atoms with E-state index in [1.54, 1.807) is 50.6 Å². The van der Waals surface area contributed by atoms with Crippen LogP contribution in [0.25, 0.3) is 10.2 Å². The summed E-state index contributed by atoms with van der Waals surface area (Å²) in [5.74, 6) is -1.54. The maximum absolute atomic E-state index is 14.0. The topological polar surface area (TPSA) is 120 Å². The molecule has 214 valence electrons. The summed E-state index contributed by atoms with van der Waals surface area (Å²) < 4.78 is 35.2. The van der Waals surface area contributed by atoms with Crippen molar-refractivity contribution >= 4 is 39.1 Å². The van der Waals surface area contributed by atoms with E-state index in [1.807, 2.05) is 0 Å². The molecule has 0 saturated heterocycles. The maximum atomic E-state index is 14.0. The van der Waals surface area contributed by atoms with Gasteiger partial charge in [-0.25, -0.2) is 13.8 Å². The van der Waals surface area contributed by atoms with Gasteiger partial charge in [-0.3, -0.25) is 14.4 Å². The molecule has 0 saturated carbocycles. The third kappa shape index (κ3) is 7.62. The molecule has 0 aliphatic heterocycles. The number of allylic oxidation sites excluding steroid dienone is 1. The molecule has 41 heavy (non-hydrogen) atoms. The van der Waals surface area contributed by atoms with E-state index in [0.29, 0.717) is 29.1 Å². The second-order valence-electron chi connectivity index (χ2n) is 9.40. The number of fused-ring (bicyclic) bond motifs is 1. The molecule has 0 unspecified atom stereocenters. The van der Waals surface area contributed by atoms with Crippen molar-refractivity contribution in [3.05, 3.63) is 99.4 Å². The summed E-state index contributed by atoms with van der Waals surface area (Å²) in [5.41, 5.74) is 6.50. The Morgan fingerprint density at radius 3 is 2.76 bits per heavy atom. The number of carbonyl (C=O) groups excluding carboxylic acids is 2. The molecule has 2 amide bonds. The summed E-state index contributed by atoms with van der Waals surface area (Å²) in [5, 5.41) is 3.21. The van der Waals surface area contributed by atoms with Crippen molar-refractivity contribution in [3.8, 4) is 5.75 Å². The minimum absolute atomic E-state index is 0.0812. The molecule has 1 atom stereocenters. The lowest BCUT2D eigenvalue weighted by Gasteiger charge is -2.12. The van der Waals surface area contributed by atoms with Crippen LogP contribution in [0.4, 0.5) is 14.5 Å². The lowest BCUT2D eigenvalue weighted by atomic mass is 10.1. The molecule has 3 N–H and O–H groups in total. The summed E-state index contributed by atoms with van der Waals surface area (Å²) in [6.07, 6.45) is 5.39. The number of benzene rings is 2. The van der Waals surface area contributed by atoms with Crippen molar-refractivity contribution in [2.24, 2.45) is 5.73 Å². The Hall–Kier alpha value is -4.42. The molecular weight excluding hydrogens is 552 g/mol. The van der Waals surface area contributed by atoms with Crippen LogP contribution in [0.1, 0.15) is 23.4 Å². The van der Waals surface area contributed by atoms with Gasteiger partial charge in [0.05, 0.1) is 22.8 Å². The first-order valence-electron chi connectivity index (χ1n) is 12.7. The minimum Gasteiger partial charge on any atom is -0.487 e. The van der Waals surface area contributed by atoms with Gasteiger partial charge < -0.3 is 25.3 Å². The summed E-state index contributed by atoms with van der Waals surface area (Å²) in [6.45, 7) is 0.0525. The van der Waals surface area contributed by atoms with Crippen molar-refractivity contribution in [2.75, 3.05) is 19.4 Å². The second-order valence-corrected chi connectivity index (χ2v) is 10.5. The van der Waals surface area contributed by atoms with Crippen molar-refractivity contribution in [2.45, 2.75) is 32.0 Å². The van der Waals surface area contributed by atoms with E-state index in [2.05, 4.69) is 10.3 Å². The predicted octanol–water partition coefficient (Wildman–Crippen LogP) is 4.05. The van der Waals surface area contributed by atoms with Gasteiger partial charge in [-0.05, 0) is 55.3 Å². The molecule has 12 heteroatoms. The first-order valence-corrected chi connectivity index (χ1v) is 13.5. The Bertz CT molecular complexity index is 1650. The Kier molecular flexibility index (Phi) is 9.58. The van der Waals surface area contributed by atoms with E-state index in [1.165, 1.54) is 45.1 Å². The zero-order valence-corrected chi connectivity index (χ0v) is 23.3. The van der Waals surface area contributed by atoms with Gasteiger partial charge >= 0.3 is 0 Å². The molecule has 0 radical (unpaired) electrons. The fraction of sp³-hybridized carbons (Fsp3) is 0.241. The van der Waals surface area contributed by atoms with E-state index in [0.717, 1.165) is 10.8 Å². The van der Waals surface area contributed by atoms with Crippen molar-refractivity contribution in [3.63, 3.8) is 0 Å². The highest BCUT2D eigenvalue weighted by Gasteiger charge is 2.16. The standard InChI is InChI=1S/C29H29F2N5O4S/c1-35(2)26(37)11-4-3-7-21(32)28(38)34-23-9-6-14-36(29(23)39)16-25-33-22-8-5-10-24(27(22)41-25)40-17-18-12-13-19(30)15-20(18)31/h4-6,8-15,21H,3,7,16-17,32H2,1-2H3,(H,34,38)/b11-4+/t21-/m0/s1. The number of nitrogens with zero attached hydrogens (tertiary/aromatic N) is 3. The van der Waals surface area contributed by atoms with Gasteiger partial charge in [-0.15, -0.1) is 11.3 Å². The van der Waals surface area contributed by atoms with Crippen molar-refractivity contribution in [1.29, 1.82) is 0 Å². The lowest BCUT2D eigenvalue weighted by Crippen LogP contribution is -2.37. The molecule has 2 heterocycles. The number of hydrogen-bond acceptors (Lipinski definition) is 7. The fourth-order valence-corrected chi connectivity index (χ4v) is 4.84. The number of thiazole rings is 1. The number of pyridine rings is 1. The largest absolute Gasteiger partial charge is 0.487 e. The van der Waals surface area contributed by atoms with E-state index in [-0.39, 0.29) is 30.3 Å². The van der Waals surface area contributed by atoms with Crippen LogP contribution in [0.15, 0.2) is 71.7 Å². The number of aromatic nitrogens is 2. The highest BCUT2D eigenvalue weighted by molar-refractivity contribution is 7.19. The minimum atomic E-state index is -0.867. The highest BCUT2D eigenvalue weighted by Crippen LogP contribution is 2.32. The molecule has 4 rings (SSSR count). The number of rotatable bonds is 11. The molecule has 2 aromatic carbocycles. The number of hydrogen-bond donors (Lipinski definition) is 2. The Morgan fingerprint density at radius 1 is 1.20 bits per heavy atom. The first-order chi connectivity index (χ1) is 19.6. The van der Waals surface area contributed by atoms with Crippen LogP contribution in [-0.2, 0) is 22.7 Å². The summed E-state index contributed by atoms with van der Waals surface area (Å²) in [4.78, 5) is 43.3. The van der Waals surface area contributed by atoms with Gasteiger partial charge in [0.25, 0.3) is 5.56 Å². The lowest BCUT2D eigenvalue weighted by molar-refractivity contribution is -0.123. The van der Waals surface area contributed by atoms with E-state index >= 15 is 0 Å². The number of likely N-dealkylation sites (N-methyl/N-ethyl adjacent to an activating group) is 1. The zero-order chi connectivity index (χ0) is 29.5. The van der Waals surface area contributed by atoms with Gasteiger partial charge in [0.15, 0.2) is 0 Å². The van der Waals surface area contributed by atoms with E-state index in [9.17, 15) is 23.2 Å². The number of ether oxygens (including phenoxy) is 1. The predicted molar refractivity (Wildman–Crippen MR) is 154 cm³/mol. The molecule has 0 bridgehead atoms. The number of amides is 2. The molecule has 9 nitrogen and oxygen atoms in total. The number of anilines is 1. The van der Waals surface area contributed by atoms with Crippen LogP contribution >= 0.6 is 11.3 Å². The molecule has 0 fully saturated rings. The Balaban J connectivity index is 1.42. The van der Waals surface area contributed by atoms with Crippen LogP contribution in [0.2, 0.25) is 0 Å². The van der Waals surface area contributed by atoms with E-state index < -0.39 is 29.1 Å². The second kappa shape index (κ2) is 13.3. The van der Waals surface area contributed by atoms with Crippen molar-refractivity contribution in [1.82, 2.24) is 14.5 Å². The average molecular weight is 582 g/mol. The zero-order valence-electron chi connectivity index (χ0n) is 22.5. The number of nitrogens with one attached hydrogen (secondary N) is 1. The molecule has 2 aromatic heterocycles. The third-order valence-corrected chi connectivity index (χ3v) is 7.16. The van der Waals surface area contributed by atoms with Gasteiger partial charge in [-0.1, -0.05) is 12.1 Å². The summed E-state index contributed by atoms with van der Waals surface area (Å²) >= 11 is 1.32.